The molecule has 1 saturated heterocycles. The molecule has 2 aliphatic rings. The van der Waals surface area contributed by atoms with Crippen molar-refractivity contribution in [3.05, 3.63) is 48.0 Å². The number of nitrogens with one attached hydrogen (secondary N) is 1. The first-order chi connectivity index (χ1) is 8.78. The second-order valence-corrected chi connectivity index (χ2v) is 5.63. The molecular weight excluding hydrogens is 222 g/mol. The standard InChI is InChI=1S/C16H21NO/c18-16(14-9-5-2-6-10-14)11-15(17-12-16)13-7-3-1-4-8-13/h1-3,5-6,9-10,13,15,17-18H,4,7-8,11-12H2. The van der Waals surface area contributed by atoms with Gasteiger partial charge in [0.05, 0.1) is 0 Å². The highest BCUT2D eigenvalue weighted by Gasteiger charge is 2.41. The van der Waals surface area contributed by atoms with Gasteiger partial charge < -0.3 is 10.4 Å². The van der Waals surface area contributed by atoms with E-state index in [2.05, 4.69) is 17.5 Å². The largest absolute Gasteiger partial charge is 0.384 e. The van der Waals surface area contributed by atoms with Gasteiger partial charge in [0.25, 0.3) is 0 Å². The van der Waals surface area contributed by atoms with Crippen molar-refractivity contribution in [3.63, 3.8) is 0 Å². The topological polar surface area (TPSA) is 32.3 Å². The molecule has 3 atom stereocenters. The van der Waals surface area contributed by atoms with E-state index in [0.29, 0.717) is 18.5 Å². The van der Waals surface area contributed by atoms with Gasteiger partial charge in [-0.15, -0.1) is 0 Å². The lowest BCUT2D eigenvalue weighted by molar-refractivity contribution is 0.0536. The van der Waals surface area contributed by atoms with Crippen LogP contribution >= 0.6 is 0 Å². The van der Waals surface area contributed by atoms with E-state index >= 15 is 0 Å². The fourth-order valence-corrected chi connectivity index (χ4v) is 3.29. The zero-order chi connectivity index (χ0) is 12.4. The van der Waals surface area contributed by atoms with Gasteiger partial charge >= 0.3 is 0 Å². The monoisotopic (exact) mass is 243 g/mol. The molecule has 1 fully saturated rings. The number of β-amino-alcohol motifs (C(OH)–C–C–N with tert-alkyl or cyclic N) is 1. The van der Waals surface area contributed by atoms with Gasteiger partial charge in [-0.1, -0.05) is 42.5 Å². The van der Waals surface area contributed by atoms with Crippen LogP contribution in [0.3, 0.4) is 0 Å². The Morgan fingerprint density at radius 1 is 1.17 bits per heavy atom. The van der Waals surface area contributed by atoms with Crippen LogP contribution in [0, 0.1) is 5.92 Å². The number of aliphatic hydroxyl groups is 1. The van der Waals surface area contributed by atoms with Gasteiger partial charge in [-0.3, -0.25) is 0 Å². The average molecular weight is 243 g/mol. The van der Waals surface area contributed by atoms with Crippen LogP contribution in [0.25, 0.3) is 0 Å². The van der Waals surface area contributed by atoms with Gasteiger partial charge in [0.1, 0.15) is 5.60 Å². The summed E-state index contributed by atoms with van der Waals surface area (Å²) in [5, 5.41) is 14.3. The molecule has 2 N–H and O–H groups in total. The van der Waals surface area contributed by atoms with Crippen LogP contribution in [0.15, 0.2) is 42.5 Å². The molecule has 0 spiro atoms. The minimum Gasteiger partial charge on any atom is -0.384 e. The van der Waals surface area contributed by atoms with Crippen LogP contribution in [-0.4, -0.2) is 17.7 Å². The summed E-state index contributed by atoms with van der Waals surface area (Å²) in [5.41, 5.74) is 0.374. The van der Waals surface area contributed by atoms with Crippen LogP contribution in [0.1, 0.15) is 31.2 Å². The number of benzene rings is 1. The molecule has 0 amide bonds. The predicted molar refractivity (Wildman–Crippen MR) is 73.2 cm³/mol. The summed E-state index contributed by atoms with van der Waals surface area (Å²) >= 11 is 0. The van der Waals surface area contributed by atoms with Crippen molar-refractivity contribution in [3.8, 4) is 0 Å². The Labute approximate surface area is 109 Å². The molecule has 3 rings (SSSR count). The maximum Gasteiger partial charge on any atom is 0.103 e. The van der Waals surface area contributed by atoms with Gasteiger partial charge in [0.15, 0.2) is 0 Å². The van der Waals surface area contributed by atoms with Gasteiger partial charge in [0.2, 0.25) is 0 Å². The van der Waals surface area contributed by atoms with Gasteiger partial charge in [0, 0.05) is 12.6 Å². The predicted octanol–water partition coefficient (Wildman–Crippen LogP) is 2.59. The first-order valence-corrected chi connectivity index (χ1v) is 6.94. The average Bonchev–Trinajstić information content (AvgIpc) is 2.85. The summed E-state index contributed by atoms with van der Waals surface area (Å²) in [7, 11) is 0. The molecule has 1 heterocycles. The highest BCUT2D eigenvalue weighted by Crippen LogP contribution is 2.36. The SMILES string of the molecule is OC1(c2ccccc2)CNC(C2CC=CCC2)C1. The van der Waals surface area contributed by atoms with Crippen molar-refractivity contribution in [2.75, 3.05) is 6.54 Å². The zero-order valence-corrected chi connectivity index (χ0v) is 10.7. The van der Waals surface area contributed by atoms with E-state index in [0.717, 1.165) is 18.4 Å². The van der Waals surface area contributed by atoms with E-state index in [1.54, 1.807) is 0 Å². The summed E-state index contributed by atoms with van der Waals surface area (Å²) in [6.45, 7) is 0.682. The Bertz CT molecular complexity index is 428. The summed E-state index contributed by atoms with van der Waals surface area (Å²) in [4.78, 5) is 0. The first kappa shape index (κ1) is 11.9. The van der Waals surface area contributed by atoms with Crippen LogP contribution in [0.2, 0.25) is 0 Å². The zero-order valence-electron chi connectivity index (χ0n) is 10.7. The van der Waals surface area contributed by atoms with E-state index in [1.165, 1.54) is 12.8 Å². The highest BCUT2D eigenvalue weighted by atomic mass is 16.3. The van der Waals surface area contributed by atoms with Crippen LogP contribution < -0.4 is 5.32 Å². The fourth-order valence-electron chi connectivity index (χ4n) is 3.29. The minimum absolute atomic E-state index is 0.458. The van der Waals surface area contributed by atoms with E-state index in [9.17, 15) is 5.11 Å². The quantitative estimate of drug-likeness (QED) is 0.783. The lowest BCUT2D eigenvalue weighted by Crippen LogP contribution is -2.30. The smallest absolute Gasteiger partial charge is 0.103 e. The lowest BCUT2D eigenvalue weighted by Gasteiger charge is -2.26. The maximum absolute atomic E-state index is 10.8. The summed E-state index contributed by atoms with van der Waals surface area (Å²) in [5.74, 6) is 0.688. The molecule has 2 nitrogen and oxygen atoms in total. The van der Waals surface area contributed by atoms with Crippen molar-refractivity contribution in [1.29, 1.82) is 0 Å². The van der Waals surface area contributed by atoms with E-state index in [1.807, 2.05) is 30.3 Å². The lowest BCUT2D eigenvalue weighted by atomic mass is 9.83. The third kappa shape index (κ3) is 2.23. The summed E-state index contributed by atoms with van der Waals surface area (Å²) in [6.07, 6.45) is 8.99. The molecule has 0 radical (unpaired) electrons. The maximum atomic E-state index is 10.8. The fraction of sp³-hybridized carbons (Fsp3) is 0.500. The van der Waals surface area contributed by atoms with Gasteiger partial charge in [-0.25, -0.2) is 0 Å². The normalized spacial score (nSPS) is 35.8. The highest BCUT2D eigenvalue weighted by molar-refractivity contribution is 5.25. The van der Waals surface area contributed by atoms with Crippen molar-refractivity contribution in [2.45, 2.75) is 37.3 Å². The molecule has 3 unspecified atom stereocenters. The third-order valence-corrected chi connectivity index (χ3v) is 4.40. The van der Waals surface area contributed by atoms with Crippen molar-refractivity contribution < 1.29 is 5.11 Å². The van der Waals surface area contributed by atoms with Crippen molar-refractivity contribution in [2.24, 2.45) is 5.92 Å². The molecule has 1 aromatic rings. The Kier molecular flexibility index (Phi) is 3.23. The molecule has 2 heteroatoms. The number of hydrogen-bond acceptors (Lipinski definition) is 2. The number of rotatable bonds is 2. The van der Waals surface area contributed by atoms with E-state index in [4.69, 9.17) is 0 Å². The molecule has 18 heavy (non-hydrogen) atoms. The first-order valence-electron chi connectivity index (χ1n) is 6.94. The number of hydrogen-bond donors (Lipinski definition) is 2. The van der Waals surface area contributed by atoms with Crippen LogP contribution in [-0.2, 0) is 5.60 Å². The van der Waals surface area contributed by atoms with Crippen LogP contribution in [0.4, 0.5) is 0 Å². The molecule has 1 aromatic carbocycles. The molecule has 0 saturated carbocycles. The third-order valence-electron chi connectivity index (χ3n) is 4.40. The Hall–Kier alpha value is -1.12. The van der Waals surface area contributed by atoms with E-state index in [-0.39, 0.29) is 0 Å². The second kappa shape index (κ2) is 4.87. The Balaban J connectivity index is 1.72. The Morgan fingerprint density at radius 2 is 2.00 bits per heavy atom. The molecular formula is C16H21NO. The van der Waals surface area contributed by atoms with Gasteiger partial charge in [-0.2, -0.15) is 0 Å². The molecule has 96 valence electrons. The van der Waals surface area contributed by atoms with Gasteiger partial charge in [-0.05, 0) is 37.2 Å². The number of allylic oxidation sites excluding steroid dienone is 2. The van der Waals surface area contributed by atoms with E-state index < -0.39 is 5.60 Å². The Morgan fingerprint density at radius 3 is 2.72 bits per heavy atom. The second-order valence-electron chi connectivity index (χ2n) is 5.63. The summed E-state index contributed by atoms with van der Waals surface area (Å²) < 4.78 is 0. The van der Waals surface area contributed by atoms with Crippen LogP contribution in [0.5, 0.6) is 0 Å². The minimum atomic E-state index is -0.674. The van der Waals surface area contributed by atoms with Crippen molar-refractivity contribution in [1.82, 2.24) is 5.32 Å². The molecule has 0 bridgehead atoms. The summed E-state index contributed by atoms with van der Waals surface area (Å²) in [6, 6.07) is 10.5. The molecule has 0 aromatic heterocycles. The molecule has 1 aliphatic carbocycles. The van der Waals surface area contributed by atoms with Crippen molar-refractivity contribution >= 4 is 0 Å². The molecule has 1 aliphatic heterocycles.